The predicted molar refractivity (Wildman–Crippen MR) is 36.1 cm³/mol. The Balaban J connectivity index is 0.000000148. The van der Waals surface area contributed by atoms with Gasteiger partial charge in [0.15, 0.2) is 0 Å². The van der Waals surface area contributed by atoms with Crippen LogP contribution in [0.25, 0.3) is 0 Å². The van der Waals surface area contributed by atoms with Crippen molar-refractivity contribution in [3.05, 3.63) is 0 Å². The summed E-state index contributed by atoms with van der Waals surface area (Å²) in [4.78, 5) is 8.82. The molecule has 3 heteroatoms. The summed E-state index contributed by atoms with van der Waals surface area (Å²) in [5.41, 5.74) is 0. The molecule has 1 aliphatic carbocycles. The number of rotatable bonds is 1. The van der Waals surface area contributed by atoms with Crippen LogP contribution in [0.2, 0.25) is 0 Å². The van der Waals surface area contributed by atoms with Gasteiger partial charge in [-0.1, -0.05) is 32.1 Å². The molecule has 0 unspecified atom stereocenters. The molecular weight excluding hydrogens is 140 g/mol. The standard InChI is InChI=1S/C5H10.CHClO2/c1-2-4-5-3-1;2-4-1-3/h1-5H2;1H. The van der Waals surface area contributed by atoms with Gasteiger partial charge in [-0.2, -0.15) is 0 Å². The number of hydrogen-bond donors (Lipinski definition) is 0. The maximum atomic E-state index is 8.82. The average molecular weight is 151 g/mol. The van der Waals surface area contributed by atoms with Crippen molar-refractivity contribution < 1.29 is 9.08 Å². The molecule has 2 nitrogen and oxygen atoms in total. The quantitative estimate of drug-likeness (QED) is 0.536. The summed E-state index contributed by atoms with van der Waals surface area (Å²) in [6.07, 6.45) is 7.50. The summed E-state index contributed by atoms with van der Waals surface area (Å²) in [7, 11) is 0. The molecule has 0 aromatic carbocycles. The SMILES string of the molecule is C1CCCC1.O=COCl. The molecule has 0 heterocycles. The van der Waals surface area contributed by atoms with E-state index in [0.29, 0.717) is 0 Å². The van der Waals surface area contributed by atoms with Gasteiger partial charge in [0.25, 0.3) is 0 Å². The van der Waals surface area contributed by atoms with Crippen LogP contribution in [0.1, 0.15) is 32.1 Å². The maximum Gasteiger partial charge on any atom is 0.312 e. The number of carbonyl (C=O) groups excluding carboxylic acids is 1. The molecule has 0 bridgehead atoms. The van der Waals surface area contributed by atoms with E-state index < -0.39 is 0 Å². The van der Waals surface area contributed by atoms with Crippen LogP contribution in [0.4, 0.5) is 0 Å². The summed E-state index contributed by atoms with van der Waals surface area (Å²) in [5, 5.41) is 0. The van der Waals surface area contributed by atoms with Crippen LogP contribution < -0.4 is 0 Å². The molecular formula is C6H11ClO2. The van der Waals surface area contributed by atoms with Crippen molar-refractivity contribution in [2.75, 3.05) is 0 Å². The lowest BCUT2D eigenvalue weighted by molar-refractivity contribution is -0.120. The molecule has 0 atom stereocenters. The molecule has 0 N–H and O–H groups in total. The van der Waals surface area contributed by atoms with Crippen molar-refractivity contribution in [2.45, 2.75) is 32.1 Å². The van der Waals surface area contributed by atoms with Gasteiger partial charge in [-0.05, 0) is 0 Å². The molecule has 1 aliphatic rings. The smallest absolute Gasteiger partial charge is 0.312 e. The molecule has 1 fully saturated rings. The van der Waals surface area contributed by atoms with Crippen LogP contribution in [-0.4, -0.2) is 6.47 Å². The zero-order valence-corrected chi connectivity index (χ0v) is 6.06. The molecule has 1 rings (SSSR count). The minimum Gasteiger partial charge on any atom is -0.350 e. The van der Waals surface area contributed by atoms with Gasteiger partial charge in [0.05, 0.1) is 0 Å². The van der Waals surface area contributed by atoms with E-state index in [1.165, 1.54) is 32.1 Å². The summed E-state index contributed by atoms with van der Waals surface area (Å²) in [6.45, 7) is 0.140. The molecule has 0 amide bonds. The second-order valence-corrected chi connectivity index (χ2v) is 2.13. The Labute approximate surface area is 60.3 Å². The molecule has 54 valence electrons. The second-order valence-electron chi connectivity index (χ2n) is 1.95. The molecule has 0 saturated heterocycles. The van der Waals surface area contributed by atoms with Crippen molar-refractivity contribution in [1.29, 1.82) is 0 Å². The number of halogens is 1. The van der Waals surface area contributed by atoms with E-state index >= 15 is 0 Å². The first-order chi connectivity index (χ1) is 4.41. The number of hydrogen-bond acceptors (Lipinski definition) is 2. The lowest BCUT2D eigenvalue weighted by atomic mass is 10.4. The Morgan fingerprint density at radius 2 is 1.33 bits per heavy atom. The van der Waals surface area contributed by atoms with Gasteiger partial charge in [-0.15, -0.1) is 0 Å². The van der Waals surface area contributed by atoms with Gasteiger partial charge in [0, 0.05) is 0 Å². The molecule has 0 aromatic heterocycles. The predicted octanol–water partition coefficient (Wildman–Crippen LogP) is 2.26. The number of carbonyl (C=O) groups is 1. The molecule has 9 heavy (non-hydrogen) atoms. The first kappa shape index (κ1) is 8.76. The summed E-state index contributed by atoms with van der Waals surface area (Å²) < 4.78 is 3.33. The third-order valence-electron chi connectivity index (χ3n) is 1.29. The highest BCUT2D eigenvalue weighted by atomic mass is 35.5. The fraction of sp³-hybridized carbons (Fsp3) is 0.833. The van der Waals surface area contributed by atoms with Gasteiger partial charge < -0.3 is 4.29 Å². The van der Waals surface area contributed by atoms with E-state index in [1.54, 1.807) is 0 Å². The minimum absolute atomic E-state index is 0.140. The van der Waals surface area contributed by atoms with Crippen LogP contribution in [-0.2, 0) is 9.08 Å². The largest absolute Gasteiger partial charge is 0.350 e. The maximum absolute atomic E-state index is 8.82. The Morgan fingerprint density at radius 3 is 1.44 bits per heavy atom. The first-order valence-electron chi connectivity index (χ1n) is 3.13. The van der Waals surface area contributed by atoms with Gasteiger partial charge >= 0.3 is 6.47 Å². The third kappa shape index (κ3) is 7.76. The Kier molecular flexibility index (Phi) is 7.55. The minimum atomic E-state index is 0.140. The Hall–Kier alpha value is -0.240. The topological polar surface area (TPSA) is 26.3 Å². The van der Waals surface area contributed by atoms with Crippen LogP contribution >= 0.6 is 11.9 Å². The van der Waals surface area contributed by atoms with Gasteiger partial charge in [0.1, 0.15) is 11.9 Å². The van der Waals surface area contributed by atoms with Gasteiger partial charge in [-0.25, -0.2) is 0 Å². The van der Waals surface area contributed by atoms with Crippen LogP contribution in [0, 0.1) is 0 Å². The van der Waals surface area contributed by atoms with E-state index in [4.69, 9.17) is 4.79 Å². The average Bonchev–Trinajstić information content (AvgIpc) is 2.43. The van der Waals surface area contributed by atoms with Gasteiger partial charge in [-0.3, -0.25) is 4.79 Å². The first-order valence-corrected chi connectivity index (χ1v) is 3.43. The lowest BCUT2D eigenvalue weighted by Gasteiger charge is -1.67. The summed E-state index contributed by atoms with van der Waals surface area (Å²) in [6, 6.07) is 0. The third-order valence-corrected chi connectivity index (χ3v) is 1.36. The fourth-order valence-electron chi connectivity index (χ4n) is 0.884. The van der Waals surface area contributed by atoms with Crippen molar-refractivity contribution in [2.24, 2.45) is 0 Å². The summed E-state index contributed by atoms with van der Waals surface area (Å²) >= 11 is 4.32. The zero-order chi connectivity index (χ0) is 6.95. The lowest BCUT2D eigenvalue weighted by Crippen LogP contribution is -1.57. The Bertz CT molecular complexity index is 54.5. The Morgan fingerprint density at radius 1 is 1.11 bits per heavy atom. The molecule has 0 radical (unpaired) electrons. The molecule has 0 spiro atoms. The molecule has 0 aromatic rings. The van der Waals surface area contributed by atoms with E-state index in [-0.39, 0.29) is 6.47 Å². The fourth-order valence-corrected chi connectivity index (χ4v) is 0.884. The highest BCUT2D eigenvalue weighted by Gasteiger charge is 1.95. The van der Waals surface area contributed by atoms with Crippen LogP contribution in [0.15, 0.2) is 0 Å². The van der Waals surface area contributed by atoms with Gasteiger partial charge in [0.2, 0.25) is 0 Å². The van der Waals surface area contributed by atoms with Crippen molar-refractivity contribution in [1.82, 2.24) is 0 Å². The monoisotopic (exact) mass is 150 g/mol. The van der Waals surface area contributed by atoms with Crippen molar-refractivity contribution in [3.63, 3.8) is 0 Å². The van der Waals surface area contributed by atoms with Crippen molar-refractivity contribution >= 4 is 18.3 Å². The molecule has 0 aliphatic heterocycles. The van der Waals surface area contributed by atoms with E-state index in [1.807, 2.05) is 0 Å². The normalized spacial score (nSPS) is 15.7. The second kappa shape index (κ2) is 7.76. The van der Waals surface area contributed by atoms with Crippen molar-refractivity contribution in [3.8, 4) is 0 Å². The van der Waals surface area contributed by atoms with E-state index in [0.717, 1.165) is 0 Å². The zero-order valence-electron chi connectivity index (χ0n) is 5.31. The summed E-state index contributed by atoms with van der Waals surface area (Å²) in [5.74, 6) is 0. The van der Waals surface area contributed by atoms with Crippen LogP contribution in [0.3, 0.4) is 0 Å². The van der Waals surface area contributed by atoms with E-state index in [9.17, 15) is 0 Å². The van der Waals surface area contributed by atoms with Crippen LogP contribution in [0.5, 0.6) is 0 Å². The highest BCUT2D eigenvalue weighted by molar-refractivity contribution is 6.10. The van der Waals surface area contributed by atoms with E-state index in [2.05, 4.69) is 16.2 Å². The highest BCUT2D eigenvalue weighted by Crippen LogP contribution is 2.15. The molecule has 1 saturated carbocycles.